The van der Waals surface area contributed by atoms with Crippen molar-refractivity contribution in [3.63, 3.8) is 0 Å². The Kier molecular flexibility index (Phi) is 82.4. The van der Waals surface area contributed by atoms with Gasteiger partial charge in [-0.25, -0.2) is 9.13 Å². The number of aliphatic hydroxyl groups excluding tert-OH is 2. The van der Waals surface area contributed by atoms with Gasteiger partial charge in [0, 0.05) is 19.3 Å². The summed E-state index contributed by atoms with van der Waals surface area (Å²) >= 11 is 0. The van der Waals surface area contributed by atoms with Crippen molar-refractivity contribution in [1.29, 1.82) is 0 Å². The summed E-state index contributed by atoms with van der Waals surface area (Å²) in [5.41, 5.74) is 0. The van der Waals surface area contributed by atoms with Gasteiger partial charge in [0.05, 0.1) is 26.4 Å². The topological polar surface area (TPSA) is 231 Å². The fourth-order valence-corrected chi connectivity index (χ4v) is 13.3. The van der Waals surface area contributed by atoms with Crippen LogP contribution in [-0.2, 0) is 55.8 Å². The Balaban J connectivity index is 4.62. The van der Waals surface area contributed by atoms with Crippen LogP contribution >= 0.6 is 15.6 Å². The average molecular weight is 1620 g/mol. The summed E-state index contributed by atoms with van der Waals surface area (Å²) in [7, 11) is -9.82. The minimum absolute atomic E-state index is 0.0846. The molecule has 0 aliphatic carbocycles. The van der Waals surface area contributed by atoms with Gasteiger partial charge in [-0.2, -0.15) is 0 Å². The number of allylic oxidation sites excluding steroid dienone is 28. The van der Waals surface area contributed by atoms with Crippen LogP contribution in [0, 0.1) is 0 Å². The molecule has 0 amide bonds. The second-order valence-electron chi connectivity index (χ2n) is 29.3. The molecule has 113 heavy (non-hydrogen) atoms. The van der Waals surface area contributed by atoms with Crippen molar-refractivity contribution in [2.45, 2.75) is 373 Å². The molecule has 646 valence electrons. The van der Waals surface area contributed by atoms with Gasteiger partial charge in [-0.1, -0.05) is 351 Å². The second kappa shape index (κ2) is 86.3. The van der Waals surface area contributed by atoms with Crippen LogP contribution in [-0.4, -0.2) is 95.9 Å². The van der Waals surface area contributed by atoms with Crippen molar-refractivity contribution >= 4 is 33.6 Å². The first-order valence-electron chi connectivity index (χ1n) is 44.4. The van der Waals surface area contributed by atoms with Gasteiger partial charge >= 0.3 is 33.6 Å². The molecule has 0 rings (SSSR count). The molecule has 0 bridgehead atoms. The molecule has 0 saturated heterocycles. The van der Waals surface area contributed by atoms with Crippen molar-refractivity contribution in [1.82, 2.24) is 0 Å². The van der Waals surface area contributed by atoms with Gasteiger partial charge in [0.1, 0.15) is 25.4 Å². The van der Waals surface area contributed by atoms with E-state index in [1.807, 2.05) is 0 Å². The highest BCUT2D eigenvalue weighted by atomic mass is 31.2. The molecule has 5 atom stereocenters. The molecule has 0 heterocycles. The highest BCUT2D eigenvalue weighted by Gasteiger charge is 2.29. The van der Waals surface area contributed by atoms with Gasteiger partial charge in [-0.05, 0) is 154 Å². The highest BCUT2D eigenvalue weighted by Crippen LogP contribution is 2.45. The monoisotopic (exact) mass is 1620 g/mol. The Morgan fingerprint density at radius 1 is 0.257 bits per heavy atom. The van der Waals surface area contributed by atoms with Crippen LogP contribution in [0.3, 0.4) is 0 Å². The molecule has 18 heteroatoms. The largest absolute Gasteiger partial charge is 0.472 e. The number of ether oxygens (including phenoxy) is 3. The van der Waals surface area contributed by atoms with Crippen molar-refractivity contribution in [3.05, 3.63) is 170 Å². The molecule has 16 nitrogen and oxygen atoms in total. The Hall–Kier alpha value is -5.09. The molecule has 5 unspecified atom stereocenters. The molecular formula is C95H160O16P2. The third-order valence-electron chi connectivity index (χ3n) is 18.4. The number of unbranched alkanes of at least 4 members (excludes halogenated alkanes) is 32. The van der Waals surface area contributed by atoms with Crippen molar-refractivity contribution < 1.29 is 75.8 Å². The van der Waals surface area contributed by atoms with E-state index in [0.29, 0.717) is 19.3 Å². The molecule has 0 fully saturated rings. The van der Waals surface area contributed by atoms with E-state index in [1.165, 1.54) is 103 Å². The molecule has 0 spiro atoms. The molecule has 0 aromatic carbocycles. The number of phosphoric acid groups is 2. The van der Waals surface area contributed by atoms with Crippen LogP contribution in [0.2, 0.25) is 0 Å². The minimum Gasteiger partial charge on any atom is -0.463 e. The zero-order valence-corrected chi connectivity index (χ0v) is 72.8. The third kappa shape index (κ3) is 87.6. The summed E-state index contributed by atoms with van der Waals surface area (Å²) < 4.78 is 61.4. The summed E-state index contributed by atoms with van der Waals surface area (Å²) in [5.74, 6) is -1.60. The molecule has 0 aliphatic heterocycles. The van der Waals surface area contributed by atoms with E-state index in [9.17, 15) is 43.5 Å². The maximum absolute atomic E-state index is 13.1. The first-order valence-corrected chi connectivity index (χ1v) is 47.4. The molecule has 0 aromatic heterocycles. The number of esters is 3. The maximum Gasteiger partial charge on any atom is 0.472 e. The third-order valence-corrected chi connectivity index (χ3v) is 20.3. The average Bonchev–Trinajstić information content (AvgIpc) is 0.903. The number of carbonyl (C=O) groups is 3. The van der Waals surface area contributed by atoms with Gasteiger partial charge in [-0.3, -0.25) is 32.5 Å². The molecule has 0 aromatic rings. The maximum atomic E-state index is 13.1. The van der Waals surface area contributed by atoms with E-state index in [2.05, 4.69) is 191 Å². The Bertz CT molecular complexity index is 2730. The summed E-state index contributed by atoms with van der Waals surface area (Å²) in [4.78, 5) is 58.9. The fourth-order valence-electron chi connectivity index (χ4n) is 11.7. The summed E-state index contributed by atoms with van der Waals surface area (Å²) in [6, 6.07) is 0. The van der Waals surface area contributed by atoms with Gasteiger partial charge in [0.2, 0.25) is 0 Å². The minimum atomic E-state index is -4.95. The van der Waals surface area contributed by atoms with Gasteiger partial charge in [-0.15, -0.1) is 0 Å². The Morgan fingerprint density at radius 2 is 0.469 bits per heavy atom. The highest BCUT2D eigenvalue weighted by molar-refractivity contribution is 7.47. The van der Waals surface area contributed by atoms with E-state index in [4.69, 9.17) is 32.3 Å². The lowest BCUT2D eigenvalue weighted by Gasteiger charge is -2.21. The van der Waals surface area contributed by atoms with Crippen LogP contribution < -0.4 is 0 Å². The van der Waals surface area contributed by atoms with E-state index in [1.54, 1.807) is 0 Å². The van der Waals surface area contributed by atoms with Crippen LogP contribution in [0.4, 0.5) is 0 Å². The number of hydrogen-bond acceptors (Lipinski definition) is 14. The van der Waals surface area contributed by atoms with Crippen LogP contribution in [0.25, 0.3) is 0 Å². The van der Waals surface area contributed by atoms with Crippen LogP contribution in [0.15, 0.2) is 170 Å². The predicted molar refractivity (Wildman–Crippen MR) is 472 cm³/mol. The smallest absolute Gasteiger partial charge is 0.463 e. The zero-order chi connectivity index (χ0) is 82.2. The fraction of sp³-hybridized carbons (Fsp3) is 0.674. The first-order chi connectivity index (χ1) is 55.2. The lowest BCUT2D eigenvalue weighted by Crippen LogP contribution is -2.30. The van der Waals surface area contributed by atoms with Crippen LogP contribution in [0.5, 0.6) is 0 Å². The van der Waals surface area contributed by atoms with Crippen molar-refractivity contribution in [2.24, 2.45) is 0 Å². The van der Waals surface area contributed by atoms with Gasteiger partial charge < -0.3 is 34.2 Å². The summed E-state index contributed by atoms with van der Waals surface area (Å²) in [5, 5.41) is 20.7. The molecular weight excluding hydrogens is 1460 g/mol. The van der Waals surface area contributed by atoms with Gasteiger partial charge in [0.15, 0.2) is 6.10 Å². The summed E-state index contributed by atoms with van der Waals surface area (Å²) in [6.45, 7) is 2.43. The zero-order valence-electron chi connectivity index (χ0n) is 71.0. The van der Waals surface area contributed by atoms with Gasteiger partial charge in [0.25, 0.3) is 0 Å². The lowest BCUT2D eigenvalue weighted by atomic mass is 10.0. The number of phosphoric ester groups is 2. The molecule has 0 aliphatic rings. The van der Waals surface area contributed by atoms with E-state index in [-0.39, 0.29) is 19.3 Å². The normalized spacial score (nSPS) is 14.6. The summed E-state index contributed by atoms with van der Waals surface area (Å²) in [6.07, 6.45) is 111. The second-order valence-corrected chi connectivity index (χ2v) is 32.2. The van der Waals surface area contributed by atoms with E-state index < -0.39 is 91.5 Å². The van der Waals surface area contributed by atoms with Crippen LogP contribution in [0.1, 0.15) is 355 Å². The Morgan fingerprint density at radius 3 is 0.743 bits per heavy atom. The number of carbonyl (C=O) groups excluding carboxylic acids is 3. The number of hydrogen-bond donors (Lipinski definition) is 4. The first kappa shape index (κ1) is 108. The number of rotatable bonds is 83. The van der Waals surface area contributed by atoms with E-state index in [0.717, 1.165) is 193 Å². The number of aliphatic hydroxyl groups is 2. The Labute approximate surface area is 688 Å². The quantitative estimate of drug-likeness (QED) is 0.0146. The molecule has 0 radical (unpaired) electrons. The van der Waals surface area contributed by atoms with E-state index >= 15 is 0 Å². The molecule has 0 saturated carbocycles. The SMILES string of the molecule is CC/C=C\C/C=C\C/C=C\C/C=C\C/C=C\CCCCCCCCCCCCCCCCCC(=O)OCC(O)COP(=O)(O)OCC(O)COP(=O)(O)OCC(COC(=O)CCCCCCCCC/C=C\C/C=C\C/C=C\C/C=C\C/C=C\CC)OC(=O)CCCCCCCCC/C=C\C/C=C\C/C=C\C/C=C\CCCCC. The lowest BCUT2D eigenvalue weighted by molar-refractivity contribution is -0.161. The van der Waals surface area contributed by atoms with Crippen molar-refractivity contribution in [2.75, 3.05) is 39.6 Å². The standard InChI is InChI=1S/C95H160O16P2/c1-4-7-10-13-16-19-22-25-28-31-34-37-40-41-42-43-44-45-46-47-50-52-54-57-60-63-66-69-72-75-78-81-93(98)105-84-90(96)85-107-112(101,102)108-86-91(97)87-109-113(103,104)110-89-92(111-95(100)83-80-77-74-71-68-65-62-59-56-53-49-39-36-33-30-27-24-21-18-15-12-9-6-3)88-106-94(99)82-79-76-73-70-67-64-61-58-55-51-48-38-35-32-29-26-23-20-17-14-11-8-5-2/h7-8,10-11,16-21,25-30,34-39,41-42,51,53,55-56,90-92,96-97H,4-6,9,12-15,22-24,31-33,40,43-50,52,54,57-89H2,1-3H3,(H,101,102)(H,103,104)/b10-7-,11-8-,19-16-,20-17-,21-18-,28-25-,29-26-,30-27-,37-34-,38-35-,39-36-,42-41-,55-51-,56-53-. The molecule has 4 N–H and O–H groups in total. The van der Waals surface area contributed by atoms with Crippen molar-refractivity contribution in [3.8, 4) is 0 Å². The predicted octanol–water partition coefficient (Wildman–Crippen LogP) is 27.1.